The van der Waals surface area contributed by atoms with Crippen LogP contribution in [0.25, 0.3) is 10.4 Å². The largest absolute Gasteiger partial charge is 0.310 e. The van der Waals surface area contributed by atoms with Gasteiger partial charge >= 0.3 is 4.87 Å². The van der Waals surface area contributed by atoms with E-state index in [9.17, 15) is 9.59 Å². The van der Waals surface area contributed by atoms with Gasteiger partial charge in [0.1, 0.15) is 0 Å². The second-order valence-corrected chi connectivity index (χ2v) is 6.22. The fourth-order valence-corrected chi connectivity index (χ4v) is 3.11. The molecule has 0 bridgehead atoms. The normalized spacial score (nSPS) is 10.6. The van der Waals surface area contributed by atoms with Gasteiger partial charge in [-0.25, -0.2) is 0 Å². The van der Waals surface area contributed by atoms with E-state index >= 15 is 0 Å². The second kappa shape index (κ2) is 6.30. The fourth-order valence-electron chi connectivity index (χ4n) is 2.12. The molecule has 0 aliphatic rings. The predicted octanol–water partition coefficient (Wildman–Crippen LogP) is 3.64. The number of aromatic nitrogens is 1. The first-order chi connectivity index (χ1) is 10.6. The lowest BCUT2D eigenvalue weighted by Gasteiger charge is -2.06. The summed E-state index contributed by atoms with van der Waals surface area (Å²) in [6.45, 7) is 0.250. The Labute approximate surface area is 136 Å². The van der Waals surface area contributed by atoms with Crippen molar-refractivity contribution in [3.05, 3.63) is 91.3 Å². The molecule has 3 rings (SSSR count). The molecule has 22 heavy (non-hydrogen) atoms. The number of hydrogen-bond donors (Lipinski definition) is 0. The van der Waals surface area contributed by atoms with E-state index in [0.29, 0.717) is 9.90 Å². The topological polar surface area (TPSA) is 39.1 Å². The van der Waals surface area contributed by atoms with E-state index in [4.69, 9.17) is 11.6 Å². The standard InChI is InChI=1S/C17H12ClNO2S/c18-14-8-6-12(7-9-14)11-19-16(20)10-15(22-17(19)21)13-4-2-1-3-5-13/h1-10H,11H2. The maximum absolute atomic E-state index is 12.3. The van der Waals surface area contributed by atoms with Gasteiger partial charge < -0.3 is 0 Å². The Morgan fingerprint density at radius 3 is 2.27 bits per heavy atom. The predicted molar refractivity (Wildman–Crippen MR) is 90.8 cm³/mol. The Morgan fingerprint density at radius 2 is 1.64 bits per heavy atom. The van der Waals surface area contributed by atoms with Gasteiger partial charge in [-0.3, -0.25) is 14.2 Å². The first-order valence-corrected chi connectivity index (χ1v) is 7.88. The van der Waals surface area contributed by atoms with Crippen LogP contribution in [0.15, 0.2) is 70.3 Å². The maximum Gasteiger partial charge on any atom is 0.310 e. The van der Waals surface area contributed by atoms with Crippen LogP contribution in [0.1, 0.15) is 5.56 Å². The minimum absolute atomic E-state index is 0.250. The molecule has 0 aliphatic carbocycles. The molecule has 0 saturated carbocycles. The van der Waals surface area contributed by atoms with Gasteiger partial charge in [0.15, 0.2) is 0 Å². The fraction of sp³-hybridized carbons (Fsp3) is 0.0588. The first kappa shape index (κ1) is 14.8. The number of halogens is 1. The minimum Gasteiger partial charge on any atom is -0.269 e. The van der Waals surface area contributed by atoms with E-state index in [0.717, 1.165) is 22.5 Å². The van der Waals surface area contributed by atoms with E-state index in [2.05, 4.69) is 0 Å². The van der Waals surface area contributed by atoms with Crippen molar-refractivity contribution in [2.75, 3.05) is 0 Å². The minimum atomic E-state index is -0.294. The summed E-state index contributed by atoms with van der Waals surface area (Å²) in [6.07, 6.45) is 0. The molecule has 3 nitrogen and oxygen atoms in total. The van der Waals surface area contributed by atoms with Gasteiger partial charge in [0, 0.05) is 16.0 Å². The average Bonchev–Trinajstić information content (AvgIpc) is 2.53. The summed E-state index contributed by atoms with van der Waals surface area (Å²) in [5, 5.41) is 0.626. The lowest BCUT2D eigenvalue weighted by molar-refractivity contribution is 0.746. The molecule has 0 saturated heterocycles. The van der Waals surface area contributed by atoms with Crippen LogP contribution in [-0.2, 0) is 6.54 Å². The highest BCUT2D eigenvalue weighted by molar-refractivity contribution is 7.12. The average molecular weight is 330 g/mol. The van der Waals surface area contributed by atoms with E-state index in [1.807, 2.05) is 42.5 Å². The number of hydrogen-bond acceptors (Lipinski definition) is 3. The first-order valence-electron chi connectivity index (χ1n) is 6.68. The van der Waals surface area contributed by atoms with Gasteiger partial charge in [-0.2, -0.15) is 0 Å². The van der Waals surface area contributed by atoms with Crippen LogP contribution in [0.2, 0.25) is 5.02 Å². The number of rotatable bonds is 3. The quantitative estimate of drug-likeness (QED) is 0.736. The molecule has 0 radical (unpaired) electrons. The number of benzene rings is 2. The van der Waals surface area contributed by atoms with Gasteiger partial charge in [-0.1, -0.05) is 65.4 Å². The summed E-state index contributed by atoms with van der Waals surface area (Å²) >= 11 is 6.91. The zero-order valence-corrected chi connectivity index (χ0v) is 13.1. The Morgan fingerprint density at radius 1 is 0.955 bits per heavy atom. The van der Waals surface area contributed by atoms with E-state index in [-0.39, 0.29) is 17.0 Å². The van der Waals surface area contributed by atoms with Crippen LogP contribution in [0.5, 0.6) is 0 Å². The molecule has 0 spiro atoms. The molecule has 5 heteroatoms. The zero-order chi connectivity index (χ0) is 15.5. The Bertz CT molecular complexity index is 867. The molecule has 0 aliphatic heterocycles. The Hall–Kier alpha value is -2.17. The van der Waals surface area contributed by atoms with Crippen molar-refractivity contribution in [3.63, 3.8) is 0 Å². The van der Waals surface area contributed by atoms with Gasteiger partial charge in [0.05, 0.1) is 6.54 Å². The van der Waals surface area contributed by atoms with Crippen LogP contribution in [0.3, 0.4) is 0 Å². The highest BCUT2D eigenvalue weighted by Gasteiger charge is 2.07. The molecule has 1 heterocycles. The van der Waals surface area contributed by atoms with Crippen molar-refractivity contribution in [2.45, 2.75) is 6.54 Å². The van der Waals surface area contributed by atoms with Gasteiger partial charge in [-0.15, -0.1) is 0 Å². The lowest BCUT2D eigenvalue weighted by atomic mass is 10.2. The molecular weight excluding hydrogens is 318 g/mol. The van der Waals surface area contributed by atoms with Crippen LogP contribution in [0.4, 0.5) is 0 Å². The molecule has 0 fully saturated rings. The van der Waals surface area contributed by atoms with Crippen LogP contribution in [-0.4, -0.2) is 4.57 Å². The summed E-state index contributed by atoms with van der Waals surface area (Å²) in [5.74, 6) is 0. The molecule has 0 unspecified atom stereocenters. The second-order valence-electron chi connectivity index (χ2n) is 4.79. The van der Waals surface area contributed by atoms with Crippen molar-refractivity contribution in [1.29, 1.82) is 0 Å². The summed E-state index contributed by atoms with van der Waals surface area (Å²) in [6, 6.07) is 18.0. The molecule has 110 valence electrons. The SMILES string of the molecule is O=c1cc(-c2ccccc2)sc(=O)n1Cc1ccc(Cl)cc1. The van der Waals surface area contributed by atoms with Gasteiger partial charge in [0.2, 0.25) is 0 Å². The monoisotopic (exact) mass is 329 g/mol. The van der Waals surface area contributed by atoms with Crippen molar-refractivity contribution in [3.8, 4) is 10.4 Å². The van der Waals surface area contributed by atoms with Crippen LogP contribution >= 0.6 is 22.9 Å². The summed E-state index contributed by atoms with van der Waals surface area (Å²) in [7, 11) is 0. The third-order valence-electron chi connectivity index (χ3n) is 3.25. The summed E-state index contributed by atoms with van der Waals surface area (Å²) < 4.78 is 1.24. The third kappa shape index (κ3) is 3.18. The van der Waals surface area contributed by atoms with E-state index in [1.165, 1.54) is 10.6 Å². The van der Waals surface area contributed by atoms with Crippen molar-refractivity contribution < 1.29 is 0 Å². The van der Waals surface area contributed by atoms with Gasteiger partial charge in [-0.05, 0) is 23.3 Å². The molecule has 0 N–H and O–H groups in total. The highest BCUT2D eigenvalue weighted by atomic mass is 35.5. The summed E-state index contributed by atoms with van der Waals surface area (Å²) in [4.78, 5) is 24.9. The van der Waals surface area contributed by atoms with Crippen molar-refractivity contribution in [1.82, 2.24) is 4.57 Å². The lowest BCUT2D eigenvalue weighted by Crippen LogP contribution is -2.30. The van der Waals surface area contributed by atoms with Crippen molar-refractivity contribution in [2.24, 2.45) is 0 Å². The van der Waals surface area contributed by atoms with Crippen LogP contribution in [0, 0.1) is 0 Å². The van der Waals surface area contributed by atoms with Crippen molar-refractivity contribution >= 4 is 22.9 Å². The summed E-state index contributed by atoms with van der Waals surface area (Å²) in [5.41, 5.74) is 1.45. The molecular formula is C17H12ClNO2S. The number of nitrogens with zero attached hydrogens (tertiary/aromatic N) is 1. The molecule has 0 amide bonds. The van der Waals surface area contributed by atoms with Crippen LogP contribution < -0.4 is 10.4 Å². The molecule has 3 aromatic rings. The maximum atomic E-state index is 12.3. The zero-order valence-electron chi connectivity index (χ0n) is 11.5. The van der Waals surface area contributed by atoms with E-state index in [1.54, 1.807) is 12.1 Å². The Kier molecular flexibility index (Phi) is 4.22. The molecule has 2 aromatic carbocycles. The highest BCUT2D eigenvalue weighted by Crippen LogP contribution is 2.19. The molecule has 1 aromatic heterocycles. The molecule has 0 atom stereocenters. The van der Waals surface area contributed by atoms with E-state index < -0.39 is 0 Å². The van der Waals surface area contributed by atoms with Gasteiger partial charge in [0.25, 0.3) is 5.56 Å². The Balaban J connectivity index is 1.99. The third-order valence-corrected chi connectivity index (χ3v) is 4.47. The smallest absolute Gasteiger partial charge is 0.269 e.